The maximum atomic E-state index is 14.0. The van der Waals surface area contributed by atoms with Gasteiger partial charge >= 0.3 is 0 Å². The zero-order chi connectivity index (χ0) is 13.2. The van der Waals surface area contributed by atoms with Gasteiger partial charge in [-0.2, -0.15) is 0 Å². The van der Waals surface area contributed by atoms with Crippen LogP contribution in [0.5, 0.6) is 5.75 Å². The van der Waals surface area contributed by atoms with Gasteiger partial charge in [0, 0.05) is 12.1 Å². The second-order valence-corrected chi connectivity index (χ2v) is 4.76. The minimum Gasteiger partial charge on any atom is -0.497 e. The van der Waals surface area contributed by atoms with Crippen molar-refractivity contribution in [1.82, 2.24) is 5.32 Å². The molecule has 2 nitrogen and oxygen atoms in total. The third-order valence-electron chi connectivity index (χ3n) is 3.58. The van der Waals surface area contributed by atoms with Crippen molar-refractivity contribution in [2.45, 2.75) is 13.0 Å². The Bertz CT molecular complexity index is 610. The average Bonchev–Trinajstić information content (AvgIpc) is 2.47. The van der Waals surface area contributed by atoms with Crippen molar-refractivity contribution in [3.8, 4) is 16.9 Å². The van der Waals surface area contributed by atoms with Crippen molar-refractivity contribution < 1.29 is 9.13 Å². The lowest BCUT2D eigenvalue weighted by molar-refractivity contribution is 0.414. The molecular weight excluding hydrogens is 241 g/mol. The summed E-state index contributed by atoms with van der Waals surface area (Å²) in [6, 6.07) is 11.0. The number of rotatable bonds is 2. The van der Waals surface area contributed by atoms with Crippen LogP contribution < -0.4 is 10.1 Å². The molecule has 2 aromatic rings. The molecule has 1 aliphatic rings. The van der Waals surface area contributed by atoms with Gasteiger partial charge in [0.2, 0.25) is 0 Å². The molecule has 3 rings (SSSR count). The Labute approximate surface area is 112 Å². The molecule has 1 N–H and O–H groups in total. The number of benzene rings is 2. The molecule has 98 valence electrons. The van der Waals surface area contributed by atoms with E-state index in [1.165, 1.54) is 17.2 Å². The SMILES string of the molecule is COc1ccc(F)c(-c2ccc3c(c2)CNCC3)c1. The fourth-order valence-electron chi connectivity index (χ4n) is 2.50. The maximum Gasteiger partial charge on any atom is 0.131 e. The van der Waals surface area contributed by atoms with E-state index in [2.05, 4.69) is 17.4 Å². The summed E-state index contributed by atoms with van der Waals surface area (Å²) in [5.74, 6) is 0.455. The lowest BCUT2D eigenvalue weighted by Crippen LogP contribution is -2.23. The van der Waals surface area contributed by atoms with Gasteiger partial charge < -0.3 is 10.1 Å². The van der Waals surface area contributed by atoms with E-state index in [1.807, 2.05) is 6.07 Å². The third kappa shape index (κ3) is 2.34. The average molecular weight is 257 g/mol. The molecule has 3 heteroatoms. The molecule has 0 atom stereocenters. The highest BCUT2D eigenvalue weighted by Gasteiger charge is 2.12. The second-order valence-electron chi connectivity index (χ2n) is 4.76. The lowest BCUT2D eigenvalue weighted by Gasteiger charge is -2.18. The van der Waals surface area contributed by atoms with Gasteiger partial charge in [-0.05, 0) is 53.9 Å². The predicted octanol–water partition coefficient (Wildman–Crippen LogP) is 3.15. The van der Waals surface area contributed by atoms with E-state index < -0.39 is 0 Å². The van der Waals surface area contributed by atoms with Crippen molar-refractivity contribution in [2.24, 2.45) is 0 Å². The Morgan fingerprint density at radius 3 is 2.84 bits per heavy atom. The Morgan fingerprint density at radius 1 is 1.11 bits per heavy atom. The highest BCUT2D eigenvalue weighted by molar-refractivity contribution is 5.67. The molecule has 0 saturated heterocycles. The molecule has 1 heterocycles. The molecule has 0 aliphatic carbocycles. The molecule has 0 saturated carbocycles. The Balaban J connectivity index is 2.06. The first-order valence-electron chi connectivity index (χ1n) is 6.44. The van der Waals surface area contributed by atoms with Crippen molar-refractivity contribution in [3.05, 3.63) is 53.3 Å². The lowest BCUT2D eigenvalue weighted by atomic mass is 9.95. The Kier molecular flexibility index (Phi) is 3.22. The standard InChI is InChI=1S/C16H16FNO/c1-19-14-4-5-16(17)15(9-14)12-3-2-11-6-7-18-10-13(11)8-12/h2-5,8-9,18H,6-7,10H2,1H3. The quantitative estimate of drug-likeness (QED) is 0.892. The third-order valence-corrected chi connectivity index (χ3v) is 3.58. The fraction of sp³-hybridized carbons (Fsp3) is 0.250. The van der Waals surface area contributed by atoms with E-state index in [4.69, 9.17) is 4.74 Å². The number of methoxy groups -OCH3 is 1. The molecule has 2 aromatic carbocycles. The first-order chi connectivity index (χ1) is 9.28. The van der Waals surface area contributed by atoms with Gasteiger partial charge in [0.25, 0.3) is 0 Å². The number of hydrogen-bond donors (Lipinski definition) is 1. The summed E-state index contributed by atoms with van der Waals surface area (Å²) in [6.45, 7) is 1.87. The van der Waals surface area contributed by atoms with E-state index in [0.717, 1.165) is 25.1 Å². The van der Waals surface area contributed by atoms with Crippen LogP contribution in [-0.2, 0) is 13.0 Å². The molecule has 0 amide bonds. The first kappa shape index (κ1) is 12.2. The summed E-state index contributed by atoms with van der Waals surface area (Å²) < 4.78 is 19.1. The summed E-state index contributed by atoms with van der Waals surface area (Å²) in [5.41, 5.74) is 4.10. The zero-order valence-electron chi connectivity index (χ0n) is 10.9. The van der Waals surface area contributed by atoms with Crippen molar-refractivity contribution in [3.63, 3.8) is 0 Å². The summed E-state index contributed by atoms with van der Waals surface area (Å²) >= 11 is 0. The van der Waals surface area contributed by atoms with Crippen LogP contribution in [0.3, 0.4) is 0 Å². The molecule has 0 radical (unpaired) electrons. The first-order valence-corrected chi connectivity index (χ1v) is 6.44. The van der Waals surface area contributed by atoms with Crippen LogP contribution in [0.1, 0.15) is 11.1 Å². The number of halogens is 1. The van der Waals surface area contributed by atoms with E-state index in [1.54, 1.807) is 19.2 Å². The normalized spacial score (nSPS) is 14.0. The van der Waals surface area contributed by atoms with Crippen LogP contribution >= 0.6 is 0 Å². The highest BCUT2D eigenvalue weighted by atomic mass is 19.1. The smallest absolute Gasteiger partial charge is 0.131 e. The van der Waals surface area contributed by atoms with Gasteiger partial charge in [-0.1, -0.05) is 12.1 Å². The van der Waals surface area contributed by atoms with Crippen LogP contribution in [0.25, 0.3) is 11.1 Å². The van der Waals surface area contributed by atoms with Crippen LogP contribution in [0, 0.1) is 5.82 Å². The van der Waals surface area contributed by atoms with E-state index in [-0.39, 0.29) is 5.82 Å². The monoisotopic (exact) mass is 257 g/mol. The van der Waals surface area contributed by atoms with Gasteiger partial charge in [0.15, 0.2) is 0 Å². The second kappa shape index (κ2) is 5.02. The molecule has 0 unspecified atom stereocenters. The Hall–Kier alpha value is -1.87. The maximum absolute atomic E-state index is 14.0. The molecule has 0 aromatic heterocycles. The predicted molar refractivity (Wildman–Crippen MR) is 73.8 cm³/mol. The summed E-state index contributed by atoms with van der Waals surface area (Å²) in [4.78, 5) is 0. The van der Waals surface area contributed by atoms with Gasteiger partial charge in [0.05, 0.1) is 7.11 Å². The van der Waals surface area contributed by atoms with E-state index in [9.17, 15) is 4.39 Å². The molecule has 19 heavy (non-hydrogen) atoms. The number of fused-ring (bicyclic) bond motifs is 1. The van der Waals surface area contributed by atoms with E-state index >= 15 is 0 Å². The van der Waals surface area contributed by atoms with Crippen LogP contribution in [0.2, 0.25) is 0 Å². The molecule has 0 bridgehead atoms. The van der Waals surface area contributed by atoms with Crippen LogP contribution in [0.15, 0.2) is 36.4 Å². The van der Waals surface area contributed by atoms with Crippen LogP contribution in [0.4, 0.5) is 4.39 Å². The minimum absolute atomic E-state index is 0.218. The largest absolute Gasteiger partial charge is 0.497 e. The van der Waals surface area contributed by atoms with Crippen molar-refractivity contribution in [2.75, 3.05) is 13.7 Å². The fourth-order valence-corrected chi connectivity index (χ4v) is 2.50. The number of hydrogen-bond acceptors (Lipinski definition) is 2. The summed E-state index contributed by atoms with van der Waals surface area (Å²) in [7, 11) is 1.59. The van der Waals surface area contributed by atoms with Crippen molar-refractivity contribution in [1.29, 1.82) is 0 Å². The van der Waals surface area contributed by atoms with Crippen molar-refractivity contribution >= 4 is 0 Å². The minimum atomic E-state index is -0.218. The topological polar surface area (TPSA) is 21.3 Å². The van der Waals surface area contributed by atoms with Gasteiger partial charge in [-0.15, -0.1) is 0 Å². The highest BCUT2D eigenvalue weighted by Crippen LogP contribution is 2.29. The molecule has 0 fully saturated rings. The van der Waals surface area contributed by atoms with E-state index in [0.29, 0.717) is 11.3 Å². The molecule has 0 spiro atoms. The number of ether oxygens (including phenoxy) is 1. The van der Waals surface area contributed by atoms with Gasteiger partial charge in [-0.3, -0.25) is 0 Å². The molecule has 1 aliphatic heterocycles. The summed E-state index contributed by atoms with van der Waals surface area (Å²) in [5, 5.41) is 3.34. The van der Waals surface area contributed by atoms with Gasteiger partial charge in [0.1, 0.15) is 11.6 Å². The molecular formula is C16H16FNO. The van der Waals surface area contributed by atoms with Crippen LogP contribution in [-0.4, -0.2) is 13.7 Å². The Morgan fingerprint density at radius 2 is 2.00 bits per heavy atom. The zero-order valence-corrected chi connectivity index (χ0v) is 10.9. The van der Waals surface area contributed by atoms with Gasteiger partial charge in [-0.25, -0.2) is 4.39 Å². The summed E-state index contributed by atoms with van der Waals surface area (Å²) in [6.07, 6.45) is 1.04. The number of nitrogens with one attached hydrogen (secondary N) is 1.